The predicted molar refractivity (Wildman–Crippen MR) is 76.5 cm³/mol. The van der Waals surface area contributed by atoms with E-state index < -0.39 is 17.7 Å². The molecular weight excluding hydrogens is 272 g/mol. The van der Waals surface area contributed by atoms with E-state index in [2.05, 4.69) is 15.3 Å². The molecule has 7 nitrogen and oxygen atoms in total. The van der Waals surface area contributed by atoms with E-state index in [0.29, 0.717) is 18.8 Å². The first-order chi connectivity index (χ1) is 9.78. The SMILES string of the molecule is C[C@@H](NC(=O)[C@H]1CCN1C(=O)OC(C)(C)C)c1ncc[nH]1. The van der Waals surface area contributed by atoms with Crippen LogP contribution in [-0.2, 0) is 9.53 Å². The maximum atomic E-state index is 12.2. The monoisotopic (exact) mass is 294 g/mol. The molecule has 1 aliphatic heterocycles. The standard InChI is InChI=1S/C14H22N4O3/c1-9(11-15-6-7-16-11)17-12(19)10-5-8-18(10)13(20)21-14(2,3)4/h6-7,9-10H,5,8H2,1-4H3,(H,15,16)(H,17,19)/t9-,10-/m1/s1. The second-order valence-corrected chi connectivity index (χ2v) is 6.18. The van der Waals surface area contributed by atoms with Gasteiger partial charge in [0.2, 0.25) is 5.91 Å². The van der Waals surface area contributed by atoms with Crippen molar-refractivity contribution in [2.75, 3.05) is 6.54 Å². The molecule has 7 heteroatoms. The molecular formula is C14H22N4O3. The summed E-state index contributed by atoms with van der Waals surface area (Å²) in [5.74, 6) is 0.502. The van der Waals surface area contributed by atoms with E-state index in [1.165, 1.54) is 4.90 Å². The van der Waals surface area contributed by atoms with Crippen LogP contribution in [0.4, 0.5) is 4.79 Å². The largest absolute Gasteiger partial charge is 0.444 e. The van der Waals surface area contributed by atoms with Gasteiger partial charge in [0.15, 0.2) is 0 Å². The number of imidazole rings is 1. The van der Waals surface area contributed by atoms with Gasteiger partial charge >= 0.3 is 6.09 Å². The maximum absolute atomic E-state index is 12.2. The summed E-state index contributed by atoms with van der Waals surface area (Å²) in [5, 5.41) is 2.85. The molecule has 21 heavy (non-hydrogen) atoms. The van der Waals surface area contributed by atoms with Crippen LogP contribution in [0.5, 0.6) is 0 Å². The highest BCUT2D eigenvalue weighted by atomic mass is 16.6. The molecule has 0 bridgehead atoms. The van der Waals surface area contributed by atoms with E-state index in [9.17, 15) is 9.59 Å². The van der Waals surface area contributed by atoms with Gasteiger partial charge in [0.25, 0.3) is 0 Å². The van der Waals surface area contributed by atoms with Gasteiger partial charge in [-0.25, -0.2) is 9.78 Å². The van der Waals surface area contributed by atoms with Crippen molar-refractivity contribution in [3.8, 4) is 0 Å². The lowest BCUT2D eigenvalue weighted by atomic mass is 10.0. The number of H-pyrrole nitrogens is 1. The molecule has 0 saturated carbocycles. The van der Waals surface area contributed by atoms with Crippen molar-refractivity contribution in [2.24, 2.45) is 0 Å². The number of nitrogens with one attached hydrogen (secondary N) is 2. The van der Waals surface area contributed by atoms with Crippen LogP contribution in [0.1, 0.15) is 46.0 Å². The Hall–Kier alpha value is -2.05. The molecule has 2 atom stereocenters. The number of amides is 2. The quantitative estimate of drug-likeness (QED) is 0.886. The molecule has 1 aromatic heterocycles. The van der Waals surface area contributed by atoms with Crippen LogP contribution < -0.4 is 5.32 Å². The third-order valence-electron chi connectivity index (χ3n) is 3.24. The second kappa shape index (κ2) is 5.75. The first-order valence-electron chi connectivity index (χ1n) is 7.07. The minimum absolute atomic E-state index is 0.184. The minimum Gasteiger partial charge on any atom is -0.444 e. The van der Waals surface area contributed by atoms with Crippen molar-refractivity contribution in [1.82, 2.24) is 20.2 Å². The molecule has 1 aromatic rings. The van der Waals surface area contributed by atoms with Crippen LogP contribution in [0.3, 0.4) is 0 Å². The summed E-state index contributed by atoms with van der Waals surface area (Å²) in [5.41, 5.74) is -0.560. The normalized spacial score (nSPS) is 19.6. The molecule has 2 amide bonds. The summed E-state index contributed by atoms with van der Waals surface area (Å²) in [6.45, 7) is 7.80. The van der Waals surface area contributed by atoms with E-state index in [0.717, 1.165) is 0 Å². The third-order valence-corrected chi connectivity index (χ3v) is 3.24. The van der Waals surface area contributed by atoms with Gasteiger partial charge in [0.1, 0.15) is 17.5 Å². The summed E-state index contributed by atoms with van der Waals surface area (Å²) >= 11 is 0. The fraction of sp³-hybridized carbons (Fsp3) is 0.643. The first kappa shape index (κ1) is 15.3. The van der Waals surface area contributed by atoms with Crippen LogP contribution in [-0.4, -0.2) is 45.1 Å². The van der Waals surface area contributed by atoms with Crippen molar-refractivity contribution in [3.63, 3.8) is 0 Å². The topological polar surface area (TPSA) is 87.3 Å². The number of ether oxygens (including phenoxy) is 1. The van der Waals surface area contributed by atoms with Gasteiger partial charge in [0.05, 0.1) is 6.04 Å². The summed E-state index contributed by atoms with van der Waals surface area (Å²) in [7, 11) is 0. The van der Waals surface area contributed by atoms with Gasteiger partial charge < -0.3 is 15.0 Å². The van der Waals surface area contributed by atoms with Gasteiger partial charge in [-0.1, -0.05) is 0 Å². The van der Waals surface area contributed by atoms with E-state index in [1.54, 1.807) is 33.2 Å². The maximum Gasteiger partial charge on any atom is 0.410 e. The van der Waals surface area contributed by atoms with E-state index in [4.69, 9.17) is 4.74 Å². The second-order valence-electron chi connectivity index (χ2n) is 6.18. The van der Waals surface area contributed by atoms with E-state index in [-0.39, 0.29) is 11.9 Å². The number of nitrogens with zero attached hydrogens (tertiary/aromatic N) is 2. The summed E-state index contributed by atoms with van der Waals surface area (Å²) in [6, 6.07) is -0.689. The Morgan fingerprint density at radius 1 is 1.52 bits per heavy atom. The van der Waals surface area contributed by atoms with Gasteiger partial charge in [-0.15, -0.1) is 0 Å². The highest BCUT2D eigenvalue weighted by Crippen LogP contribution is 2.22. The highest BCUT2D eigenvalue weighted by Gasteiger charge is 2.40. The molecule has 0 spiro atoms. The first-order valence-corrected chi connectivity index (χ1v) is 7.07. The molecule has 116 valence electrons. The van der Waals surface area contributed by atoms with Gasteiger partial charge in [0, 0.05) is 18.9 Å². The van der Waals surface area contributed by atoms with Gasteiger partial charge in [-0.2, -0.15) is 0 Å². The van der Waals surface area contributed by atoms with E-state index >= 15 is 0 Å². The van der Waals surface area contributed by atoms with Crippen molar-refractivity contribution in [3.05, 3.63) is 18.2 Å². The van der Waals surface area contributed by atoms with Gasteiger partial charge in [-0.05, 0) is 34.1 Å². The third kappa shape index (κ3) is 3.74. The van der Waals surface area contributed by atoms with E-state index in [1.807, 2.05) is 6.92 Å². The van der Waals surface area contributed by atoms with Crippen LogP contribution in [0.2, 0.25) is 0 Å². The molecule has 2 rings (SSSR count). The molecule has 2 heterocycles. The zero-order valence-electron chi connectivity index (χ0n) is 12.8. The summed E-state index contributed by atoms with van der Waals surface area (Å²) < 4.78 is 5.29. The van der Waals surface area contributed by atoms with Crippen molar-refractivity contribution < 1.29 is 14.3 Å². The van der Waals surface area contributed by atoms with Crippen LogP contribution >= 0.6 is 0 Å². The fourth-order valence-corrected chi connectivity index (χ4v) is 2.09. The highest BCUT2D eigenvalue weighted by molar-refractivity contribution is 5.87. The zero-order valence-corrected chi connectivity index (χ0v) is 12.8. The molecule has 1 fully saturated rings. The predicted octanol–water partition coefficient (Wildman–Crippen LogP) is 1.60. The molecule has 2 N–H and O–H groups in total. The molecule has 0 aliphatic carbocycles. The number of hydrogen-bond donors (Lipinski definition) is 2. The summed E-state index contributed by atoms with van der Waals surface area (Å²) in [4.78, 5) is 32.7. The van der Waals surface area contributed by atoms with Gasteiger partial charge in [-0.3, -0.25) is 9.69 Å². The lowest BCUT2D eigenvalue weighted by molar-refractivity contribution is -0.131. The smallest absolute Gasteiger partial charge is 0.410 e. The molecule has 0 aromatic carbocycles. The van der Waals surface area contributed by atoms with Crippen molar-refractivity contribution in [1.29, 1.82) is 0 Å². The Morgan fingerprint density at radius 3 is 2.71 bits per heavy atom. The number of aromatic nitrogens is 2. The molecule has 0 radical (unpaired) electrons. The number of aromatic amines is 1. The Kier molecular flexibility index (Phi) is 4.20. The fourth-order valence-electron chi connectivity index (χ4n) is 2.09. The van der Waals surface area contributed by atoms with Crippen LogP contribution in [0.15, 0.2) is 12.4 Å². The number of hydrogen-bond acceptors (Lipinski definition) is 4. The molecule has 0 unspecified atom stereocenters. The number of carbonyl (C=O) groups is 2. The number of rotatable bonds is 3. The Labute approximate surface area is 124 Å². The minimum atomic E-state index is -0.560. The number of likely N-dealkylation sites (tertiary alicyclic amines) is 1. The molecule has 1 saturated heterocycles. The molecule has 1 aliphatic rings. The Morgan fingerprint density at radius 2 is 2.24 bits per heavy atom. The van der Waals surface area contributed by atoms with Crippen LogP contribution in [0.25, 0.3) is 0 Å². The van der Waals surface area contributed by atoms with Crippen molar-refractivity contribution >= 4 is 12.0 Å². The number of carbonyl (C=O) groups excluding carboxylic acids is 2. The Balaban J connectivity index is 1.90. The zero-order chi connectivity index (χ0) is 15.6. The summed E-state index contributed by atoms with van der Waals surface area (Å²) in [6.07, 6.45) is 3.54. The average molecular weight is 294 g/mol. The lowest BCUT2D eigenvalue weighted by Crippen LogP contribution is -2.59. The lowest BCUT2D eigenvalue weighted by Gasteiger charge is -2.40. The average Bonchev–Trinajstić information content (AvgIpc) is 2.76. The Bertz CT molecular complexity index is 507. The van der Waals surface area contributed by atoms with Crippen molar-refractivity contribution in [2.45, 2.75) is 51.8 Å². The van der Waals surface area contributed by atoms with Crippen LogP contribution in [0, 0.1) is 0 Å².